The Morgan fingerprint density at radius 2 is 1.62 bits per heavy atom. The Labute approximate surface area is 188 Å². The van der Waals surface area contributed by atoms with E-state index >= 15 is 0 Å². The van der Waals surface area contributed by atoms with Crippen molar-refractivity contribution >= 4 is 15.8 Å². The molecule has 1 spiro atoms. The van der Waals surface area contributed by atoms with Crippen LogP contribution in [0.3, 0.4) is 0 Å². The first-order valence-corrected chi connectivity index (χ1v) is 11.8. The van der Waals surface area contributed by atoms with Gasteiger partial charge in [0.2, 0.25) is 15.8 Å². The molecule has 32 heavy (non-hydrogen) atoms. The summed E-state index contributed by atoms with van der Waals surface area (Å²) in [5.74, 6) is 1.47. The van der Waals surface area contributed by atoms with Crippen LogP contribution in [0.15, 0.2) is 35.2 Å². The molecule has 0 aromatic heterocycles. The second-order valence-corrected chi connectivity index (χ2v) is 10.0. The third kappa shape index (κ3) is 3.69. The van der Waals surface area contributed by atoms with Gasteiger partial charge in [0.05, 0.1) is 33.3 Å². The third-order valence-electron chi connectivity index (χ3n) is 6.17. The largest absolute Gasteiger partial charge is 0.495 e. The van der Waals surface area contributed by atoms with Gasteiger partial charge in [0.25, 0.3) is 0 Å². The van der Waals surface area contributed by atoms with E-state index in [0.717, 1.165) is 5.56 Å². The molecule has 9 heteroatoms. The Kier molecular flexibility index (Phi) is 5.81. The predicted octanol–water partition coefficient (Wildman–Crippen LogP) is 3.21. The Hall–Kier alpha value is -2.78. The van der Waals surface area contributed by atoms with Crippen LogP contribution in [0, 0.1) is 6.92 Å². The maximum absolute atomic E-state index is 13.3. The summed E-state index contributed by atoms with van der Waals surface area (Å²) in [5.41, 5.74) is 0.497. The summed E-state index contributed by atoms with van der Waals surface area (Å²) in [6.45, 7) is 2.30. The van der Waals surface area contributed by atoms with Crippen molar-refractivity contribution in [3.05, 3.63) is 41.5 Å². The molecule has 0 N–H and O–H groups in total. The Balaban J connectivity index is 1.60. The van der Waals surface area contributed by atoms with Gasteiger partial charge in [0.1, 0.15) is 16.2 Å². The number of methoxy groups -OCH3 is 3. The summed E-state index contributed by atoms with van der Waals surface area (Å²) in [5, 5.41) is 0. The molecule has 0 atom stereocenters. The SMILES string of the molecule is COc1ccc(C)cc1S(=O)(=O)N1CCC2(CC1)CC(=O)c1ccc(OC)c(OC)c1O2. The van der Waals surface area contributed by atoms with Crippen LogP contribution < -0.4 is 18.9 Å². The molecule has 0 unspecified atom stereocenters. The molecule has 2 aliphatic rings. The van der Waals surface area contributed by atoms with E-state index in [1.165, 1.54) is 25.6 Å². The molecule has 8 nitrogen and oxygen atoms in total. The first kappa shape index (κ1) is 22.4. The molecule has 0 radical (unpaired) electrons. The van der Waals surface area contributed by atoms with Crippen LogP contribution in [0.25, 0.3) is 0 Å². The molecule has 2 aromatic rings. The zero-order valence-corrected chi connectivity index (χ0v) is 19.5. The van der Waals surface area contributed by atoms with E-state index in [9.17, 15) is 13.2 Å². The number of fused-ring (bicyclic) bond motifs is 1. The lowest BCUT2D eigenvalue weighted by molar-refractivity contribution is 0.00375. The van der Waals surface area contributed by atoms with Gasteiger partial charge in [-0.05, 0) is 36.8 Å². The highest BCUT2D eigenvalue weighted by molar-refractivity contribution is 7.89. The van der Waals surface area contributed by atoms with Gasteiger partial charge in [0, 0.05) is 25.9 Å². The zero-order valence-electron chi connectivity index (χ0n) is 18.6. The zero-order chi connectivity index (χ0) is 23.1. The summed E-state index contributed by atoms with van der Waals surface area (Å²) < 4.78 is 50.6. The summed E-state index contributed by atoms with van der Waals surface area (Å²) >= 11 is 0. The van der Waals surface area contributed by atoms with Crippen LogP contribution in [0.2, 0.25) is 0 Å². The number of benzene rings is 2. The number of aryl methyl sites for hydroxylation is 1. The number of ether oxygens (including phenoxy) is 4. The van der Waals surface area contributed by atoms with E-state index in [4.69, 9.17) is 18.9 Å². The van der Waals surface area contributed by atoms with Crippen molar-refractivity contribution < 1.29 is 32.2 Å². The molecular weight excluding hydrogens is 434 g/mol. The second kappa shape index (κ2) is 8.29. The number of carbonyl (C=O) groups excluding carboxylic acids is 1. The van der Waals surface area contributed by atoms with Gasteiger partial charge in [-0.15, -0.1) is 0 Å². The van der Waals surface area contributed by atoms with E-state index in [2.05, 4.69) is 0 Å². The van der Waals surface area contributed by atoms with Crippen LogP contribution in [0.4, 0.5) is 0 Å². The van der Waals surface area contributed by atoms with E-state index in [-0.39, 0.29) is 30.2 Å². The summed E-state index contributed by atoms with van der Waals surface area (Å²) in [6, 6.07) is 8.44. The number of hydrogen-bond donors (Lipinski definition) is 0. The molecular formula is C23H27NO7S. The molecule has 2 heterocycles. The van der Waals surface area contributed by atoms with Crippen molar-refractivity contribution in [2.24, 2.45) is 0 Å². The lowest BCUT2D eigenvalue weighted by Crippen LogP contribution is -2.52. The molecule has 0 bridgehead atoms. The van der Waals surface area contributed by atoms with E-state index in [1.54, 1.807) is 24.3 Å². The normalized spacial score (nSPS) is 18.1. The summed E-state index contributed by atoms with van der Waals surface area (Å²) in [6.07, 6.45) is 0.953. The van der Waals surface area contributed by atoms with Gasteiger partial charge in [-0.2, -0.15) is 4.31 Å². The van der Waals surface area contributed by atoms with Crippen LogP contribution >= 0.6 is 0 Å². The fourth-order valence-corrected chi connectivity index (χ4v) is 6.08. The van der Waals surface area contributed by atoms with E-state index in [0.29, 0.717) is 41.4 Å². The van der Waals surface area contributed by atoms with E-state index < -0.39 is 15.6 Å². The Bertz CT molecular complexity index is 1150. The smallest absolute Gasteiger partial charge is 0.246 e. The highest BCUT2D eigenvalue weighted by Gasteiger charge is 2.46. The number of nitrogens with zero attached hydrogens (tertiary/aromatic N) is 1. The van der Waals surface area contributed by atoms with Gasteiger partial charge in [-0.3, -0.25) is 4.79 Å². The predicted molar refractivity (Wildman–Crippen MR) is 118 cm³/mol. The van der Waals surface area contributed by atoms with Gasteiger partial charge in [-0.25, -0.2) is 8.42 Å². The molecule has 2 aromatic carbocycles. The van der Waals surface area contributed by atoms with Gasteiger partial charge >= 0.3 is 0 Å². The Morgan fingerprint density at radius 3 is 2.25 bits per heavy atom. The number of Topliss-reactive ketones (excluding diaryl/α,β-unsaturated/α-hetero) is 1. The maximum atomic E-state index is 13.3. The average molecular weight is 462 g/mol. The van der Waals surface area contributed by atoms with Crippen molar-refractivity contribution in [3.8, 4) is 23.0 Å². The monoisotopic (exact) mass is 461 g/mol. The van der Waals surface area contributed by atoms with Crippen molar-refractivity contribution in [1.29, 1.82) is 0 Å². The number of rotatable bonds is 5. The van der Waals surface area contributed by atoms with Crippen LogP contribution in [0.5, 0.6) is 23.0 Å². The van der Waals surface area contributed by atoms with Gasteiger partial charge in [-0.1, -0.05) is 6.07 Å². The number of ketones is 1. The molecule has 2 aliphatic heterocycles. The number of carbonyl (C=O) groups is 1. The number of sulfonamides is 1. The minimum absolute atomic E-state index is 0.0520. The number of piperidine rings is 1. The van der Waals surface area contributed by atoms with Crippen molar-refractivity contribution in [2.75, 3.05) is 34.4 Å². The second-order valence-electron chi connectivity index (χ2n) is 8.12. The van der Waals surface area contributed by atoms with E-state index in [1.807, 2.05) is 13.0 Å². The minimum Gasteiger partial charge on any atom is -0.495 e. The quantitative estimate of drug-likeness (QED) is 0.675. The van der Waals surface area contributed by atoms with Gasteiger partial charge < -0.3 is 18.9 Å². The molecule has 172 valence electrons. The lowest BCUT2D eigenvalue weighted by atomic mass is 9.83. The third-order valence-corrected chi connectivity index (χ3v) is 8.09. The molecule has 0 saturated carbocycles. The fourth-order valence-electron chi connectivity index (χ4n) is 4.40. The minimum atomic E-state index is -3.76. The van der Waals surface area contributed by atoms with Crippen LogP contribution in [-0.2, 0) is 10.0 Å². The standard InChI is InChI=1S/C23H27NO7S/c1-15-5-7-18(28-2)20(13-15)32(26,27)24-11-9-23(10-12-24)14-17(25)16-6-8-19(29-3)22(30-4)21(16)31-23/h5-8,13H,9-12,14H2,1-4H3. The van der Waals surface area contributed by atoms with Crippen molar-refractivity contribution in [1.82, 2.24) is 4.31 Å². The Morgan fingerprint density at radius 1 is 0.969 bits per heavy atom. The number of hydrogen-bond acceptors (Lipinski definition) is 7. The summed E-state index contributed by atoms with van der Waals surface area (Å²) in [7, 11) is 0.716. The molecule has 0 amide bonds. The molecule has 1 fully saturated rings. The molecule has 0 aliphatic carbocycles. The highest BCUT2D eigenvalue weighted by atomic mass is 32.2. The van der Waals surface area contributed by atoms with Gasteiger partial charge in [0.15, 0.2) is 17.3 Å². The fraction of sp³-hybridized carbons (Fsp3) is 0.435. The van der Waals surface area contributed by atoms with Crippen LogP contribution in [0.1, 0.15) is 35.2 Å². The van der Waals surface area contributed by atoms with Crippen LogP contribution in [-0.4, -0.2) is 58.5 Å². The molecule has 4 rings (SSSR count). The first-order valence-electron chi connectivity index (χ1n) is 10.4. The average Bonchev–Trinajstić information content (AvgIpc) is 2.78. The topological polar surface area (TPSA) is 91.4 Å². The van der Waals surface area contributed by atoms with Crippen molar-refractivity contribution in [2.45, 2.75) is 36.7 Å². The first-order chi connectivity index (χ1) is 15.2. The maximum Gasteiger partial charge on any atom is 0.246 e. The summed E-state index contributed by atoms with van der Waals surface area (Å²) in [4.78, 5) is 13.1. The highest BCUT2D eigenvalue weighted by Crippen LogP contribution is 2.48. The molecule has 1 saturated heterocycles. The lowest BCUT2D eigenvalue weighted by Gasteiger charge is -2.43. The van der Waals surface area contributed by atoms with Crippen molar-refractivity contribution in [3.63, 3.8) is 0 Å².